The first-order valence-electron chi connectivity index (χ1n) is 7.40. The lowest BCUT2D eigenvalue weighted by Gasteiger charge is -2.13. The van der Waals surface area contributed by atoms with Crippen molar-refractivity contribution in [3.8, 4) is 23.4 Å². The van der Waals surface area contributed by atoms with E-state index in [9.17, 15) is 23.2 Å². The second kappa shape index (κ2) is 7.82. The number of hydrogen-bond acceptors (Lipinski definition) is 7. The summed E-state index contributed by atoms with van der Waals surface area (Å²) in [6, 6.07) is 4.38. The van der Waals surface area contributed by atoms with Gasteiger partial charge in [-0.3, -0.25) is 14.6 Å². The SMILES string of the molecule is N#Cc1nn(-c2cc(Cl)c(Oc3n[nH]c(=O)cc3C(F)F)c(Cl)c2)c(=O)[nH]c1=O. The van der Waals surface area contributed by atoms with Crippen molar-refractivity contribution in [2.24, 2.45) is 0 Å². The first kappa shape index (κ1) is 20.2. The Hall–Kier alpha value is -3.56. The van der Waals surface area contributed by atoms with Gasteiger partial charge >= 0.3 is 5.69 Å². The topological polar surface area (TPSA) is 147 Å². The molecule has 0 aliphatic rings. The quantitative estimate of drug-likeness (QED) is 0.626. The summed E-state index contributed by atoms with van der Waals surface area (Å²) in [6.45, 7) is 0. The maximum absolute atomic E-state index is 13.1. The predicted octanol–water partition coefficient (Wildman–Crippen LogP) is 1.91. The van der Waals surface area contributed by atoms with Gasteiger partial charge in [0.1, 0.15) is 6.07 Å². The number of alkyl halides is 2. The Morgan fingerprint density at radius 1 is 1.17 bits per heavy atom. The minimum atomic E-state index is -3.06. The zero-order valence-corrected chi connectivity index (χ0v) is 15.3. The van der Waals surface area contributed by atoms with E-state index in [2.05, 4.69) is 10.2 Å². The molecule has 0 unspecified atom stereocenters. The van der Waals surface area contributed by atoms with Crippen LogP contribution in [0.2, 0.25) is 10.0 Å². The van der Waals surface area contributed by atoms with Crippen molar-refractivity contribution in [3.63, 3.8) is 0 Å². The fourth-order valence-electron chi connectivity index (χ4n) is 2.15. The van der Waals surface area contributed by atoms with Gasteiger partial charge in [-0.2, -0.15) is 9.94 Å². The maximum Gasteiger partial charge on any atom is 0.349 e. The number of nitrogens with zero attached hydrogens (tertiary/aromatic N) is 4. The average molecular weight is 443 g/mol. The van der Waals surface area contributed by atoms with E-state index in [1.807, 2.05) is 10.1 Å². The molecule has 3 aromatic rings. The molecule has 2 N–H and O–H groups in total. The molecule has 0 atom stereocenters. The van der Waals surface area contributed by atoms with Crippen molar-refractivity contribution in [1.29, 1.82) is 5.26 Å². The normalized spacial score (nSPS) is 10.8. The van der Waals surface area contributed by atoms with Gasteiger partial charge in [0, 0.05) is 6.07 Å². The molecule has 0 spiro atoms. The van der Waals surface area contributed by atoms with Gasteiger partial charge < -0.3 is 4.74 Å². The van der Waals surface area contributed by atoms with Crippen molar-refractivity contribution < 1.29 is 13.5 Å². The van der Waals surface area contributed by atoms with E-state index < -0.39 is 40.4 Å². The van der Waals surface area contributed by atoms with Crippen LogP contribution in [0.1, 0.15) is 17.7 Å². The Balaban J connectivity index is 2.09. The smallest absolute Gasteiger partial charge is 0.349 e. The molecule has 0 aliphatic carbocycles. The summed E-state index contributed by atoms with van der Waals surface area (Å²) in [5.74, 6) is -0.932. The highest BCUT2D eigenvalue weighted by molar-refractivity contribution is 6.37. The molecule has 0 amide bonds. The van der Waals surface area contributed by atoms with E-state index in [1.165, 1.54) is 6.07 Å². The molecule has 148 valence electrons. The fraction of sp³-hybridized carbons (Fsp3) is 0.0667. The fourth-order valence-corrected chi connectivity index (χ4v) is 2.71. The third-order valence-electron chi connectivity index (χ3n) is 3.40. The largest absolute Gasteiger partial charge is 0.434 e. The molecule has 0 saturated carbocycles. The van der Waals surface area contributed by atoms with E-state index in [0.717, 1.165) is 12.1 Å². The highest BCUT2D eigenvalue weighted by Gasteiger charge is 2.21. The van der Waals surface area contributed by atoms with Gasteiger partial charge in [0.2, 0.25) is 11.6 Å². The van der Waals surface area contributed by atoms with Gasteiger partial charge in [-0.05, 0) is 12.1 Å². The lowest BCUT2D eigenvalue weighted by Crippen LogP contribution is -2.33. The molecule has 14 heteroatoms. The molecule has 2 heterocycles. The van der Waals surface area contributed by atoms with Gasteiger partial charge in [0.15, 0.2) is 5.75 Å². The number of benzene rings is 1. The van der Waals surface area contributed by atoms with Gasteiger partial charge in [-0.1, -0.05) is 23.2 Å². The van der Waals surface area contributed by atoms with E-state index >= 15 is 0 Å². The molecule has 3 rings (SSSR count). The van der Waals surface area contributed by atoms with Gasteiger partial charge in [0.25, 0.3) is 17.5 Å². The zero-order valence-electron chi connectivity index (χ0n) is 13.7. The number of ether oxygens (including phenoxy) is 1. The van der Waals surface area contributed by atoms with Crippen molar-refractivity contribution in [2.45, 2.75) is 6.43 Å². The van der Waals surface area contributed by atoms with Crippen molar-refractivity contribution in [3.05, 3.63) is 70.7 Å². The molecule has 2 aromatic heterocycles. The van der Waals surface area contributed by atoms with Crippen LogP contribution >= 0.6 is 23.2 Å². The summed E-state index contributed by atoms with van der Waals surface area (Å²) >= 11 is 12.2. The maximum atomic E-state index is 13.1. The number of aromatic nitrogens is 5. The summed E-state index contributed by atoms with van der Waals surface area (Å²) in [5.41, 5.74) is -4.24. The van der Waals surface area contributed by atoms with Crippen molar-refractivity contribution in [2.75, 3.05) is 0 Å². The monoisotopic (exact) mass is 442 g/mol. The standard InChI is InChI=1S/C15H6Cl2F2N6O4/c16-7-1-5(25-15(28)21-13(27)9(4-20)24-25)2-8(17)11(7)29-14-6(12(18)19)3-10(26)22-23-14/h1-3,12H,(H,22,26)(H,21,27,28). The molecule has 0 aliphatic heterocycles. The van der Waals surface area contributed by atoms with Crippen LogP contribution in [0, 0.1) is 11.3 Å². The summed E-state index contributed by atoms with van der Waals surface area (Å²) in [4.78, 5) is 36.5. The number of halogens is 4. The number of nitriles is 1. The Kier molecular flexibility index (Phi) is 5.44. The average Bonchev–Trinajstić information content (AvgIpc) is 2.65. The lowest BCUT2D eigenvalue weighted by molar-refractivity contribution is 0.146. The van der Waals surface area contributed by atoms with E-state index in [1.54, 1.807) is 0 Å². The molecule has 0 bridgehead atoms. The summed E-state index contributed by atoms with van der Waals surface area (Å²) < 4.78 is 32.1. The second-order valence-electron chi connectivity index (χ2n) is 5.27. The molecule has 1 aromatic carbocycles. The van der Waals surface area contributed by atoms with E-state index in [0.29, 0.717) is 10.7 Å². The molecular formula is C15H6Cl2F2N6O4. The van der Waals surface area contributed by atoms with Crippen LogP contribution in [0.15, 0.2) is 32.6 Å². The Morgan fingerprint density at radius 3 is 2.41 bits per heavy atom. The molecule has 10 nitrogen and oxygen atoms in total. The number of hydrogen-bond donors (Lipinski definition) is 2. The van der Waals surface area contributed by atoms with Crippen LogP contribution in [0.5, 0.6) is 11.6 Å². The molecule has 0 radical (unpaired) electrons. The summed E-state index contributed by atoms with van der Waals surface area (Å²) in [7, 11) is 0. The van der Waals surface area contributed by atoms with Gasteiger partial charge in [-0.25, -0.2) is 18.7 Å². The second-order valence-corrected chi connectivity index (χ2v) is 6.08. The lowest BCUT2D eigenvalue weighted by atomic mass is 10.3. The minimum absolute atomic E-state index is 0.0476. The van der Waals surface area contributed by atoms with Crippen LogP contribution in [0.4, 0.5) is 8.78 Å². The Labute approximate surface area is 167 Å². The Morgan fingerprint density at radius 2 is 1.83 bits per heavy atom. The van der Waals surface area contributed by atoms with Gasteiger partial charge in [-0.15, -0.1) is 10.2 Å². The van der Waals surface area contributed by atoms with E-state index in [-0.39, 0.29) is 21.5 Å². The summed E-state index contributed by atoms with van der Waals surface area (Å²) in [6.07, 6.45) is -3.06. The first-order valence-corrected chi connectivity index (χ1v) is 8.15. The van der Waals surface area contributed by atoms with Crippen LogP contribution < -0.4 is 21.5 Å². The minimum Gasteiger partial charge on any atom is -0.434 e. The highest BCUT2D eigenvalue weighted by atomic mass is 35.5. The number of rotatable bonds is 4. The third kappa shape index (κ3) is 4.00. The first-order chi connectivity index (χ1) is 13.7. The predicted molar refractivity (Wildman–Crippen MR) is 95.1 cm³/mol. The Bertz CT molecular complexity index is 1300. The third-order valence-corrected chi connectivity index (χ3v) is 3.96. The number of aromatic amines is 2. The molecular weight excluding hydrogens is 437 g/mol. The zero-order chi connectivity index (χ0) is 21.3. The van der Waals surface area contributed by atoms with Crippen molar-refractivity contribution >= 4 is 23.2 Å². The van der Waals surface area contributed by atoms with Crippen LogP contribution in [0.25, 0.3) is 5.69 Å². The molecule has 0 saturated heterocycles. The highest BCUT2D eigenvalue weighted by Crippen LogP contribution is 2.39. The van der Waals surface area contributed by atoms with Crippen molar-refractivity contribution in [1.82, 2.24) is 25.0 Å². The number of nitrogens with one attached hydrogen (secondary N) is 2. The van der Waals surface area contributed by atoms with Crippen LogP contribution in [-0.4, -0.2) is 25.0 Å². The van der Waals surface area contributed by atoms with Crippen LogP contribution in [-0.2, 0) is 0 Å². The molecule has 0 fully saturated rings. The van der Waals surface area contributed by atoms with E-state index in [4.69, 9.17) is 33.2 Å². The summed E-state index contributed by atoms with van der Waals surface area (Å²) in [5, 5.41) is 17.3. The van der Waals surface area contributed by atoms with Gasteiger partial charge in [0.05, 0.1) is 21.3 Å². The van der Waals surface area contributed by atoms with Crippen LogP contribution in [0.3, 0.4) is 0 Å². The molecule has 29 heavy (non-hydrogen) atoms. The number of H-pyrrole nitrogens is 2.